The Balaban J connectivity index is 2.40. The third-order valence-electron chi connectivity index (χ3n) is 3.31. The molecule has 1 heterocycles. The Kier molecular flexibility index (Phi) is 5.91. The summed E-state index contributed by atoms with van der Waals surface area (Å²) in [5, 5.41) is 10.4. The normalized spacial score (nSPS) is 18.4. The predicted molar refractivity (Wildman–Crippen MR) is 72.8 cm³/mol. The number of carbonyl (C=O) groups is 1. The molecule has 0 bridgehead atoms. The highest BCUT2D eigenvalue weighted by atomic mass is 16.2. The van der Waals surface area contributed by atoms with Crippen molar-refractivity contribution in [2.45, 2.75) is 32.7 Å². The minimum absolute atomic E-state index is 0.0193. The van der Waals surface area contributed by atoms with Crippen molar-refractivity contribution < 1.29 is 4.79 Å². The number of hydrogen-bond donors (Lipinski definition) is 3. The molecule has 6 heteroatoms. The van der Waals surface area contributed by atoms with E-state index in [1.54, 1.807) is 0 Å². The summed E-state index contributed by atoms with van der Waals surface area (Å²) in [4.78, 5) is 15.8. The first-order valence-electron chi connectivity index (χ1n) is 6.70. The number of rotatable bonds is 5. The number of carbonyl (C=O) groups excluding carboxylic acids is 1. The maximum Gasteiger partial charge on any atom is 0.317 e. The Labute approximate surface area is 109 Å². The molecule has 0 aromatic rings. The SMILES string of the molecule is CCCNC(=O)N1CCN(C(CC)C(=N)N)CC1. The first-order valence-corrected chi connectivity index (χ1v) is 6.70. The fourth-order valence-electron chi connectivity index (χ4n) is 2.26. The number of amides is 2. The van der Waals surface area contributed by atoms with E-state index in [-0.39, 0.29) is 17.9 Å². The second-order valence-electron chi connectivity index (χ2n) is 4.63. The highest BCUT2D eigenvalue weighted by Crippen LogP contribution is 2.09. The van der Waals surface area contributed by atoms with E-state index >= 15 is 0 Å². The average molecular weight is 255 g/mol. The van der Waals surface area contributed by atoms with Gasteiger partial charge in [0.1, 0.15) is 5.84 Å². The van der Waals surface area contributed by atoms with Gasteiger partial charge in [-0.05, 0) is 12.8 Å². The van der Waals surface area contributed by atoms with Crippen LogP contribution in [0.2, 0.25) is 0 Å². The zero-order valence-corrected chi connectivity index (χ0v) is 11.4. The van der Waals surface area contributed by atoms with E-state index in [0.717, 1.165) is 32.5 Å². The van der Waals surface area contributed by atoms with Crippen molar-refractivity contribution in [2.24, 2.45) is 5.73 Å². The van der Waals surface area contributed by atoms with Crippen LogP contribution in [0.4, 0.5) is 4.79 Å². The minimum atomic E-state index is 0.0193. The van der Waals surface area contributed by atoms with Gasteiger partial charge in [-0.15, -0.1) is 0 Å². The van der Waals surface area contributed by atoms with E-state index in [1.165, 1.54) is 0 Å². The smallest absolute Gasteiger partial charge is 0.317 e. The molecular weight excluding hydrogens is 230 g/mol. The topological polar surface area (TPSA) is 85.5 Å². The van der Waals surface area contributed by atoms with Crippen molar-refractivity contribution in [2.75, 3.05) is 32.7 Å². The Morgan fingerprint density at radius 3 is 2.39 bits per heavy atom. The van der Waals surface area contributed by atoms with Crippen LogP contribution in [0.1, 0.15) is 26.7 Å². The minimum Gasteiger partial charge on any atom is -0.386 e. The molecule has 0 aliphatic carbocycles. The van der Waals surface area contributed by atoms with Gasteiger partial charge >= 0.3 is 6.03 Å². The monoisotopic (exact) mass is 255 g/mol. The van der Waals surface area contributed by atoms with E-state index in [1.807, 2.05) is 18.7 Å². The highest BCUT2D eigenvalue weighted by molar-refractivity contribution is 5.82. The van der Waals surface area contributed by atoms with E-state index in [9.17, 15) is 4.79 Å². The van der Waals surface area contributed by atoms with Gasteiger partial charge in [-0.2, -0.15) is 0 Å². The predicted octanol–water partition coefficient (Wildman–Crippen LogP) is 0.438. The van der Waals surface area contributed by atoms with Crippen molar-refractivity contribution in [3.05, 3.63) is 0 Å². The molecule has 1 fully saturated rings. The second kappa shape index (κ2) is 7.20. The van der Waals surface area contributed by atoms with Crippen LogP contribution in [0.25, 0.3) is 0 Å². The van der Waals surface area contributed by atoms with E-state index in [0.29, 0.717) is 13.1 Å². The van der Waals surface area contributed by atoms with Crippen molar-refractivity contribution in [3.8, 4) is 0 Å². The molecule has 18 heavy (non-hydrogen) atoms. The summed E-state index contributed by atoms with van der Waals surface area (Å²) >= 11 is 0. The van der Waals surface area contributed by atoms with Gasteiger partial charge in [-0.25, -0.2) is 4.79 Å². The quantitative estimate of drug-likeness (QED) is 0.492. The summed E-state index contributed by atoms with van der Waals surface area (Å²) in [5.74, 6) is 0.224. The van der Waals surface area contributed by atoms with Crippen LogP contribution < -0.4 is 11.1 Å². The lowest BCUT2D eigenvalue weighted by molar-refractivity contribution is 0.125. The van der Waals surface area contributed by atoms with Crippen LogP contribution in [0.15, 0.2) is 0 Å². The highest BCUT2D eigenvalue weighted by Gasteiger charge is 2.26. The van der Waals surface area contributed by atoms with Crippen LogP contribution in [0.5, 0.6) is 0 Å². The van der Waals surface area contributed by atoms with Gasteiger partial charge < -0.3 is 16.0 Å². The van der Waals surface area contributed by atoms with Crippen LogP contribution in [0.3, 0.4) is 0 Å². The van der Waals surface area contributed by atoms with E-state index in [2.05, 4.69) is 10.2 Å². The standard InChI is InChI=1S/C12H25N5O/c1-3-5-15-12(18)17-8-6-16(7-9-17)10(4-2)11(13)14/h10H,3-9H2,1-2H3,(H3,13,14)(H,15,18). The van der Waals surface area contributed by atoms with Crippen molar-refractivity contribution in [1.82, 2.24) is 15.1 Å². The Morgan fingerprint density at radius 2 is 1.94 bits per heavy atom. The molecule has 1 saturated heterocycles. The third kappa shape index (κ3) is 3.87. The molecule has 1 rings (SSSR count). The lowest BCUT2D eigenvalue weighted by atomic mass is 10.1. The zero-order valence-electron chi connectivity index (χ0n) is 11.4. The lowest BCUT2D eigenvalue weighted by Crippen LogP contribution is -2.56. The van der Waals surface area contributed by atoms with E-state index in [4.69, 9.17) is 11.1 Å². The Morgan fingerprint density at radius 1 is 1.33 bits per heavy atom. The molecule has 0 aromatic carbocycles. The summed E-state index contributed by atoms with van der Waals surface area (Å²) in [6.07, 6.45) is 1.80. The fraction of sp³-hybridized carbons (Fsp3) is 0.833. The first-order chi connectivity index (χ1) is 8.60. The fourth-order valence-corrected chi connectivity index (χ4v) is 2.26. The summed E-state index contributed by atoms with van der Waals surface area (Å²) in [6, 6.07) is 0.0400. The Bertz CT molecular complexity index is 286. The molecular formula is C12H25N5O. The molecule has 0 radical (unpaired) electrons. The number of piperazine rings is 1. The van der Waals surface area contributed by atoms with Gasteiger partial charge in [0, 0.05) is 32.7 Å². The number of nitrogens with two attached hydrogens (primary N) is 1. The van der Waals surface area contributed by atoms with Crippen LogP contribution >= 0.6 is 0 Å². The molecule has 1 unspecified atom stereocenters. The van der Waals surface area contributed by atoms with E-state index < -0.39 is 0 Å². The summed E-state index contributed by atoms with van der Waals surface area (Å²) in [6.45, 7) is 7.79. The van der Waals surface area contributed by atoms with Crippen molar-refractivity contribution in [1.29, 1.82) is 5.41 Å². The van der Waals surface area contributed by atoms with Crippen molar-refractivity contribution >= 4 is 11.9 Å². The molecule has 2 amide bonds. The van der Waals surface area contributed by atoms with Gasteiger partial charge in [0.25, 0.3) is 0 Å². The number of urea groups is 1. The maximum absolute atomic E-state index is 11.8. The molecule has 104 valence electrons. The Hall–Kier alpha value is -1.30. The molecule has 4 N–H and O–H groups in total. The maximum atomic E-state index is 11.8. The number of hydrogen-bond acceptors (Lipinski definition) is 3. The molecule has 0 saturated carbocycles. The van der Waals surface area contributed by atoms with Crippen LogP contribution in [-0.2, 0) is 0 Å². The molecule has 1 aliphatic heterocycles. The molecule has 6 nitrogen and oxygen atoms in total. The van der Waals surface area contributed by atoms with Gasteiger partial charge in [0.2, 0.25) is 0 Å². The largest absolute Gasteiger partial charge is 0.386 e. The van der Waals surface area contributed by atoms with Gasteiger partial charge in [-0.3, -0.25) is 10.3 Å². The summed E-state index contributed by atoms with van der Waals surface area (Å²) in [7, 11) is 0. The number of nitrogens with zero attached hydrogens (tertiary/aromatic N) is 2. The van der Waals surface area contributed by atoms with Gasteiger partial charge in [-0.1, -0.05) is 13.8 Å². The van der Waals surface area contributed by atoms with Gasteiger partial charge in [0.15, 0.2) is 0 Å². The van der Waals surface area contributed by atoms with Crippen LogP contribution in [-0.4, -0.2) is 60.4 Å². The lowest BCUT2D eigenvalue weighted by Gasteiger charge is -2.38. The number of nitrogens with one attached hydrogen (secondary N) is 2. The average Bonchev–Trinajstić information content (AvgIpc) is 2.37. The molecule has 1 atom stereocenters. The molecule has 1 aliphatic rings. The van der Waals surface area contributed by atoms with Crippen LogP contribution in [0, 0.1) is 5.41 Å². The number of amidine groups is 1. The second-order valence-corrected chi connectivity index (χ2v) is 4.63. The van der Waals surface area contributed by atoms with Gasteiger partial charge in [0.05, 0.1) is 6.04 Å². The third-order valence-corrected chi connectivity index (χ3v) is 3.31. The summed E-state index contributed by atoms with van der Waals surface area (Å²) < 4.78 is 0. The first kappa shape index (κ1) is 14.8. The molecule has 0 aromatic heterocycles. The molecule has 0 spiro atoms. The zero-order chi connectivity index (χ0) is 13.5. The summed E-state index contributed by atoms with van der Waals surface area (Å²) in [5.41, 5.74) is 5.59. The van der Waals surface area contributed by atoms with Crippen molar-refractivity contribution in [3.63, 3.8) is 0 Å².